The first-order valence-electron chi connectivity index (χ1n) is 8.56. The highest BCUT2D eigenvalue weighted by Gasteiger charge is 2.08. The molecular weight excluding hydrogens is 302 g/mol. The predicted octanol–water partition coefficient (Wildman–Crippen LogP) is 2.62. The number of rotatable bonds is 7. The number of hydrogen-bond acceptors (Lipinski definition) is 3. The monoisotopic (exact) mass is 331 g/mol. The number of likely N-dealkylation sites (N-methyl/N-ethyl adjacent to an activating group) is 1. The van der Waals surface area contributed by atoms with Gasteiger partial charge in [-0.2, -0.15) is 0 Å². The molecule has 0 unspecified atom stereocenters. The molecule has 1 aliphatic heterocycles. The van der Waals surface area contributed by atoms with Crippen LogP contribution in [0.15, 0.2) is 40.9 Å². The van der Waals surface area contributed by atoms with Gasteiger partial charge < -0.3 is 19.7 Å². The minimum Gasteiger partial charge on any atom is -0.491 e. The van der Waals surface area contributed by atoms with Crippen LogP contribution in [0.5, 0.6) is 5.75 Å². The first-order valence-corrected chi connectivity index (χ1v) is 8.56. The molecule has 0 radical (unpaired) electrons. The van der Waals surface area contributed by atoms with Gasteiger partial charge in [0, 0.05) is 20.6 Å². The minimum absolute atomic E-state index is 0.630. The van der Waals surface area contributed by atoms with Crippen molar-refractivity contribution in [3.63, 3.8) is 0 Å². The molecule has 0 aromatic heterocycles. The van der Waals surface area contributed by atoms with Crippen LogP contribution in [0.25, 0.3) is 0 Å². The van der Waals surface area contributed by atoms with Crippen LogP contribution in [0.1, 0.15) is 18.4 Å². The molecule has 0 aliphatic carbocycles. The van der Waals surface area contributed by atoms with E-state index in [2.05, 4.69) is 34.3 Å². The fourth-order valence-corrected chi connectivity index (χ4v) is 2.63. The van der Waals surface area contributed by atoms with E-state index < -0.39 is 0 Å². The van der Waals surface area contributed by atoms with Crippen molar-refractivity contribution in [2.24, 2.45) is 4.99 Å². The van der Waals surface area contributed by atoms with E-state index in [0.717, 1.165) is 56.4 Å². The van der Waals surface area contributed by atoms with Gasteiger partial charge in [-0.1, -0.05) is 29.8 Å². The fourth-order valence-electron chi connectivity index (χ4n) is 2.63. The smallest absolute Gasteiger partial charge is 0.193 e. The van der Waals surface area contributed by atoms with Crippen LogP contribution in [-0.4, -0.2) is 57.9 Å². The zero-order valence-electron chi connectivity index (χ0n) is 15.0. The quantitative estimate of drug-likeness (QED) is 0.474. The van der Waals surface area contributed by atoms with E-state index in [-0.39, 0.29) is 0 Å². The number of para-hydroxylation sites is 1. The SMILES string of the molecule is CN=C(NCCC1=CCOCC1)N(C)CCOc1ccccc1C. The van der Waals surface area contributed by atoms with E-state index in [9.17, 15) is 0 Å². The number of aryl methyl sites for hydroxylation is 1. The zero-order chi connectivity index (χ0) is 17.2. The maximum Gasteiger partial charge on any atom is 0.193 e. The lowest BCUT2D eigenvalue weighted by molar-refractivity contribution is 0.153. The van der Waals surface area contributed by atoms with Gasteiger partial charge in [0.15, 0.2) is 5.96 Å². The van der Waals surface area contributed by atoms with Crippen molar-refractivity contribution in [3.05, 3.63) is 41.5 Å². The third-order valence-corrected chi connectivity index (χ3v) is 4.14. The summed E-state index contributed by atoms with van der Waals surface area (Å²) in [5, 5.41) is 3.42. The molecule has 5 nitrogen and oxygen atoms in total. The molecule has 0 fully saturated rings. The van der Waals surface area contributed by atoms with E-state index in [4.69, 9.17) is 9.47 Å². The van der Waals surface area contributed by atoms with Gasteiger partial charge >= 0.3 is 0 Å². The minimum atomic E-state index is 0.630. The number of benzene rings is 1. The van der Waals surface area contributed by atoms with E-state index in [1.54, 1.807) is 0 Å². The normalized spacial score (nSPS) is 15.0. The van der Waals surface area contributed by atoms with Gasteiger partial charge in [-0.05, 0) is 31.4 Å². The molecule has 0 saturated carbocycles. The molecule has 1 aliphatic rings. The number of guanidine groups is 1. The summed E-state index contributed by atoms with van der Waals surface area (Å²) in [4.78, 5) is 6.44. The van der Waals surface area contributed by atoms with Gasteiger partial charge in [-0.3, -0.25) is 4.99 Å². The van der Waals surface area contributed by atoms with Crippen molar-refractivity contribution < 1.29 is 9.47 Å². The van der Waals surface area contributed by atoms with Crippen molar-refractivity contribution in [2.75, 3.05) is 47.0 Å². The molecule has 0 bridgehead atoms. The van der Waals surface area contributed by atoms with Gasteiger partial charge in [-0.15, -0.1) is 0 Å². The molecule has 0 spiro atoms. The summed E-state index contributed by atoms with van der Waals surface area (Å²) in [5.41, 5.74) is 2.63. The average molecular weight is 331 g/mol. The Balaban J connectivity index is 1.70. The summed E-state index contributed by atoms with van der Waals surface area (Å²) in [5.74, 6) is 1.84. The van der Waals surface area contributed by atoms with Crippen LogP contribution in [0.4, 0.5) is 0 Å². The van der Waals surface area contributed by atoms with E-state index in [0.29, 0.717) is 6.61 Å². The van der Waals surface area contributed by atoms with Crippen LogP contribution in [0.2, 0.25) is 0 Å². The molecule has 1 aromatic carbocycles. The largest absolute Gasteiger partial charge is 0.491 e. The number of hydrogen-bond donors (Lipinski definition) is 1. The van der Waals surface area contributed by atoms with Gasteiger partial charge in [0.05, 0.1) is 19.8 Å². The summed E-state index contributed by atoms with van der Waals surface area (Å²) in [6.45, 7) is 5.96. The molecular formula is C19H29N3O2. The van der Waals surface area contributed by atoms with E-state index in [1.165, 1.54) is 5.57 Å². The molecule has 24 heavy (non-hydrogen) atoms. The third-order valence-electron chi connectivity index (χ3n) is 4.14. The molecule has 5 heteroatoms. The number of nitrogens with zero attached hydrogens (tertiary/aromatic N) is 2. The topological polar surface area (TPSA) is 46.1 Å². The summed E-state index contributed by atoms with van der Waals surface area (Å²) in [6.07, 6.45) is 4.27. The van der Waals surface area contributed by atoms with E-state index in [1.807, 2.05) is 32.3 Å². The Labute approximate surface area is 145 Å². The molecule has 1 N–H and O–H groups in total. The first kappa shape index (κ1) is 18.3. The first-order chi connectivity index (χ1) is 11.7. The maximum atomic E-state index is 5.85. The second-order valence-corrected chi connectivity index (χ2v) is 5.95. The maximum absolute atomic E-state index is 5.85. The lowest BCUT2D eigenvalue weighted by Crippen LogP contribution is -2.41. The van der Waals surface area contributed by atoms with Crippen LogP contribution < -0.4 is 10.1 Å². The number of aliphatic imine (C=N–C) groups is 1. The molecule has 1 aromatic rings. The van der Waals surface area contributed by atoms with Crippen molar-refractivity contribution in [2.45, 2.75) is 19.8 Å². The number of ether oxygens (including phenoxy) is 2. The Morgan fingerprint density at radius 1 is 1.38 bits per heavy atom. The number of nitrogens with one attached hydrogen (secondary N) is 1. The second kappa shape index (κ2) is 9.98. The van der Waals surface area contributed by atoms with Crippen LogP contribution in [0, 0.1) is 6.92 Å². The Morgan fingerprint density at radius 2 is 2.21 bits per heavy atom. The van der Waals surface area contributed by atoms with Crippen molar-refractivity contribution in [1.29, 1.82) is 0 Å². The van der Waals surface area contributed by atoms with Crippen LogP contribution in [0.3, 0.4) is 0 Å². The zero-order valence-corrected chi connectivity index (χ0v) is 15.0. The molecule has 0 amide bonds. The lowest BCUT2D eigenvalue weighted by atomic mass is 10.1. The van der Waals surface area contributed by atoms with Gasteiger partial charge in [0.2, 0.25) is 0 Å². The molecule has 132 valence electrons. The molecule has 2 rings (SSSR count). The Morgan fingerprint density at radius 3 is 2.92 bits per heavy atom. The van der Waals surface area contributed by atoms with Crippen LogP contribution >= 0.6 is 0 Å². The highest BCUT2D eigenvalue weighted by Crippen LogP contribution is 2.15. The van der Waals surface area contributed by atoms with Gasteiger partial charge in [-0.25, -0.2) is 0 Å². The van der Waals surface area contributed by atoms with Gasteiger partial charge in [0.1, 0.15) is 12.4 Å². The highest BCUT2D eigenvalue weighted by molar-refractivity contribution is 5.79. The fraction of sp³-hybridized carbons (Fsp3) is 0.526. The second-order valence-electron chi connectivity index (χ2n) is 5.95. The van der Waals surface area contributed by atoms with Crippen LogP contribution in [-0.2, 0) is 4.74 Å². The van der Waals surface area contributed by atoms with Crippen molar-refractivity contribution in [3.8, 4) is 5.75 Å². The van der Waals surface area contributed by atoms with Crippen molar-refractivity contribution >= 4 is 5.96 Å². The molecule has 0 atom stereocenters. The van der Waals surface area contributed by atoms with E-state index >= 15 is 0 Å². The highest BCUT2D eigenvalue weighted by atomic mass is 16.5. The summed E-state index contributed by atoms with van der Waals surface area (Å²) < 4.78 is 11.2. The molecule has 1 heterocycles. The predicted molar refractivity (Wildman–Crippen MR) is 98.8 cm³/mol. The summed E-state index contributed by atoms with van der Waals surface area (Å²) in [7, 11) is 3.85. The summed E-state index contributed by atoms with van der Waals surface area (Å²) >= 11 is 0. The Bertz CT molecular complexity index is 569. The summed E-state index contributed by atoms with van der Waals surface area (Å²) in [6, 6.07) is 8.08. The third kappa shape index (κ3) is 5.89. The average Bonchev–Trinajstić information content (AvgIpc) is 2.61. The lowest BCUT2D eigenvalue weighted by Gasteiger charge is -2.23. The molecule has 0 saturated heterocycles. The Hall–Kier alpha value is -2.01. The van der Waals surface area contributed by atoms with Gasteiger partial charge in [0.25, 0.3) is 0 Å². The van der Waals surface area contributed by atoms with Crippen molar-refractivity contribution in [1.82, 2.24) is 10.2 Å². The Kier molecular flexibility index (Phi) is 7.62. The standard InChI is InChI=1S/C19H29N3O2/c1-16-6-4-5-7-18(16)24-15-12-22(3)19(20-2)21-11-8-17-9-13-23-14-10-17/h4-7,9H,8,10-15H2,1-3H3,(H,20,21).